The molecule has 0 heterocycles. The second-order valence-corrected chi connectivity index (χ2v) is 6.04. The molecular formula is C17H26N2O. The Labute approximate surface area is 123 Å². The lowest BCUT2D eigenvalue weighted by Gasteiger charge is -2.17. The Morgan fingerprint density at radius 2 is 1.85 bits per heavy atom. The monoisotopic (exact) mass is 274 g/mol. The maximum atomic E-state index is 8.98. The van der Waals surface area contributed by atoms with Crippen molar-refractivity contribution in [1.29, 1.82) is 5.26 Å². The summed E-state index contributed by atoms with van der Waals surface area (Å²) in [6, 6.07) is 6.65. The minimum Gasteiger partial charge on any atom is -0.493 e. The van der Waals surface area contributed by atoms with E-state index in [4.69, 9.17) is 10.00 Å². The van der Waals surface area contributed by atoms with E-state index in [1.54, 1.807) is 0 Å². The third kappa shape index (κ3) is 4.86. The highest BCUT2D eigenvalue weighted by Gasteiger charge is 2.16. The zero-order chi connectivity index (χ0) is 15.2. The molecule has 0 atom stereocenters. The first-order chi connectivity index (χ1) is 9.39. The molecule has 0 radical (unpaired) electrons. The topological polar surface area (TPSA) is 45.0 Å². The Hall–Kier alpha value is -1.53. The van der Waals surface area contributed by atoms with Crippen LogP contribution in [0.25, 0.3) is 0 Å². The lowest BCUT2D eigenvalue weighted by atomic mass is 9.90. The Kier molecular flexibility index (Phi) is 6.04. The molecule has 3 nitrogen and oxygen atoms in total. The largest absolute Gasteiger partial charge is 0.493 e. The molecule has 0 aliphatic carbocycles. The predicted octanol–water partition coefficient (Wildman–Crippen LogP) is 3.73. The van der Waals surface area contributed by atoms with Crippen molar-refractivity contribution >= 4 is 0 Å². The fraction of sp³-hybridized carbons (Fsp3) is 0.588. The van der Waals surface area contributed by atoms with Gasteiger partial charge in [-0.25, -0.2) is 0 Å². The maximum Gasteiger partial charge on any atom is 0.125 e. The zero-order valence-corrected chi connectivity index (χ0v) is 13.3. The summed E-state index contributed by atoms with van der Waals surface area (Å²) >= 11 is 0. The minimum atomic E-state index is -0.260. The fourth-order valence-corrected chi connectivity index (χ4v) is 2.32. The van der Waals surface area contributed by atoms with E-state index in [1.165, 1.54) is 16.7 Å². The van der Waals surface area contributed by atoms with E-state index in [9.17, 15) is 0 Å². The van der Waals surface area contributed by atoms with Gasteiger partial charge in [0.1, 0.15) is 5.75 Å². The molecular weight excluding hydrogens is 248 g/mol. The van der Waals surface area contributed by atoms with Gasteiger partial charge in [0.2, 0.25) is 0 Å². The number of nitriles is 1. The van der Waals surface area contributed by atoms with Crippen molar-refractivity contribution in [2.24, 2.45) is 5.41 Å². The van der Waals surface area contributed by atoms with Gasteiger partial charge >= 0.3 is 0 Å². The second-order valence-electron chi connectivity index (χ2n) is 6.04. The first-order valence-corrected chi connectivity index (χ1v) is 7.18. The van der Waals surface area contributed by atoms with Crippen LogP contribution in [-0.2, 0) is 6.54 Å². The number of benzene rings is 1. The van der Waals surface area contributed by atoms with Crippen LogP contribution in [0.2, 0.25) is 0 Å². The Bertz CT molecular complexity index is 463. The van der Waals surface area contributed by atoms with Crippen LogP contribution in [0.4, 0.5) is 0 Å². The summed E-state index contributed by atoms with van der Waals surface area (Å²) in [5.74, 6) is 0.986. The van der Waals surface area contributed by atoms with Crippen LogP contribution in [-0.4, -0.2) is 13.7 Å². The van der Waals surface area contributed by atoms with E-state index in [2.05, 4.69) is 37.4 Å². The van der Waals surface area contributed by atoms with Gasteiger partial charge in [-0.05, 0) is 64.3 Å². The molecule has 3 heteroatoms. The summed E-state index contributed by atoms with van der Waals surface area (Å²) in [6.07, 6.45) is 1.76. The van der Waals surface area contributed by atoms with Crippen LogP contribution in [0, 0.1) is 30.6 Å². The van der Waals surface area contributed by atoms with E-state index in [1.807, 2.05) is 20.9 Å². The molecule has 0 unspecified atom stereocenters. The van der Waals surface area contributed by atoms with E-state index in [-0.39, 0.29) is 5.41 Å². The summed E-state index contributed by atoms with van der Waals surface area (Å²) in [5, 5.41) is 12.1. The molecule has 1 rings (SSSR count). The van der Waals surface area contributed by atoms with Crippen molar-refractivity contribution in [3.63, 3.8) is 0 Å². The van der Waals surface area contributed by atoms with Crippen LogP contribution in [0.5, 0.6) is 5.75 Å². The molecule has 0 bridgehead atoms. The average molecular weight is 274 g/mol. The number of rotatable bonds is 7. The number of nitrogens with zero attached hydrogens (tertiary/aromatic N) is 1. The molecule has 0 aromatic heterocycles. The minimum absolute atomic E-state index is 0.260. The number of hydrogen-bond donors (Lipinski definition) is 1. The molecule has 1 N–H and O–H groups in total. The van der Waals surface area contributed by atoms with Crippen LogP contribution < -0.4 is 10.1 Å². The number of ether oxygens (including phenoxy) is 1. The SMILES string of the molecule is CNCc1cc(C)c(OCCCC(C)(C)C#N)c(C)c1. The molecule has 0 aliphatic rings. The third-order valence-electron chi connectivity index (χ3n) is 3.40. The van der Waals surface area contributed by atoms with Crippen LogP contribution >= 0.6 is 0 Å². The van der Waals surface area contributed by atoms with Gasteiger partial charge in [0, 0.05) is 6.54 Å². The van der Waals surface area contributed by atoms with Crippen molar-refractivity contribution in [1.82, 2.24) is 5.32 Å². The predicted molar refractivity (Wildman–Crippen MR) is 82.8 cm³/mol. The highest BCUT2D eigenvalue weighted by Crippen LogP contribution is 2.26. The highest BCUT2D eigenvalue weighted by atomic mass is 16.5. The smallest absolute Gasteiger partial charge is 0.125 e. The van der Waals surface area contributed by atoms with Gasteiger partial charge in [0.05, 0.1) is 18.1 Å². The highest BCUT2D eigenvalue weighted by molar-refractivity contribution is 5.43. The van der Waals surface area contributed by atoms with Crippen LogP contribution in [0.3, 0.4) is 0 Å². The van der Waals surface area contributed by atoms with Gasteiger partial charge in [-0.15, -0.1) is 0 Å². The van der Waals surface area contributed by atoms with Gasteiger partial charge in [-0.2, -0.15) is 5.26 Å². The van der Waals surface area contributed by atoms with Gasteiger partial charge < -0.3 is 10.1 Å². The molecule has 0 saturated carbocycles. The normalized spacial score (nSPS) is 11.2. The number of nitrogens with one attached hydrogen (secondary N) is 1. The van der Waals surface area contributed by atoms with Gasteiger partial charge in [0.25, 0.3) is 0 Å². The molecule has 0 saturated heterocycles. The Morgan fingerprint density at radius 3 is 2.35 bits per heavy atom. The molecule has 110 valence electrons. The molecule has 0 amide bonds. The first-order valence-electron chi connectivity index (χ1n) is 7.18. The van der Waals surface area contributed by atoms with Crippen molar-refractivity contribution in [3.05, 3.63) is 28.8 Å². The summed E-state index contributed by atoms with van der Waals surface area (Å²) < 4.78 is 5.91. The maximum absolute atomic E-state index is 8.98. The summed E-state index contributed by atoms with van der Waals surface area (Å²) in [7, 11) is 1.95. The van der Waals surface area contributed by atoms with Crippen molar-refractivity contribution in [2.75, 3.05) is 13.7 Å². The van der Waals surface area contributed by atoms with E-state index in [0.29, 0.717) is 6.61 Å². The Morgan fingerprint density at radius 1 is 1.25 bits per heavy atom. The molecule has 0 fully saturated rings. The van der Waals surface area contributed by atoms with Gasteiger partial charge in [-0.3, -0.25) is 0 Å². The summed E-state index contributed by atoms with van der Waals surface area (Å²) in [6.45, 7) is 9.64. The molecule has 20 heavy (non-hydrogen) atoms. The van der Waals surface area contributed by atoms with Crippen molar-refractivity contribution < 1.29 is 4.74 Å². The second kappa shape index (κ2) is 7.31. The van der Waals surface area contributed by atoms with Gasteiger partial charge in [-0.1, -0.05) is 12.1 Å². The van der Waals surface area contributed by atoms with E-state index < -0.39 is 0 Å². The fourth-order valence-electron chi connectivity index (χ4n) is 2.32. The van der Waals surface area contributed by atoms with Crippen LogP contribution in [0.15, 0.2) is 12.1 Å². The lowest BCUT2D eigenvalue weighted by molar-refractivity contribution is 0.281. The number of hydrogen-bond acceptors (Lipinski definition) is 3. The van der Waals surface area contributed by atoms with E-state index in [0.717, 1.165) is 25.1 Å². The lowest BCUT2D eigenvalue weighted by Crippen LogP contribution is -2.11. The quantitative estimate of drug-likeness (QED) is 0.770. The van der Waals surface area contributed by atoms with Gasteiger partial charge in [0.15, 0.2) is 0 Å². The standard InChI is InChI=1S/C17H26N2O/c1-13-9-15(11-19-5)10-14(2)16(13)20-8-6-7-17(3,4)12-18/h9-10,19H,6-8,11H2,1-5H3. The van der Waals surface area contributed by atoms with Crippen molar-refractivity contribution in [3.8, 4) is 11.8 Å². The third-order valence-corrected chi connectivity index (χ3v) is 3.40. The molecule has 1 aromatic rings. The van der Waals surface area contributed by atoms with E-state index >= 15 is 0 Å². The summed E-state index contributed by atoms with van der Waals surface area (Å²) in [5.41, 5.74) is 3.37. The van der Waals surface area contributed by atoms with Crippen LogP contribution in [0.1, 0.15) is 43.4 Å². The summed E-state index contributed by atoms with van der Waals surface area (Å²) in [4.78, 5) is 0. The average Bonchev–Trinajstić information content (AvgIpc) is 2.37. The van der Waals surface area contributed by atoms with Crippen molar-refractivity contribution in [2.45, 2.75) is 47.1 Å². The molecule has 0 spiro atoms. The molecule has 0 aliphatic heterocycles. The number of aryl methyl sites for hydroxylation is 2. The first kappa shape index (κ1) is 16.5. The molecule has 1 aromatic carbocycles. The zero-order valence-electron chi connectivity index (χ0n) is 13.3. The Balaban J connectivity index is 2.59.